The molecule has 0 aliphatic heterocycles. The van der Waals surface area contributed by atoms with E-state index in [1.54, 1.807) is 37.5 Å². The number of pyridine rings is 2. The van der Waals surface area contributed by atoms with Crippen molar-refractivity contribution in [2.75, 3.05) is 6.61 Å². The highest BCUT2D eigenvalue weighted by molar-refractivity contribution is 5.96. The lowest BCUT2D eigenvalue weighted by Gasteiger charge is -2.18. The number of azo groups is 1. The van der Waals surface area contributed by atoms with E-state index in [0.29, 0.717) is 11.5 Å². The van der Waals surface area contributed by atoms with Crippen molar-refractivity contribution in [3.05, 3.63) is 53.5 Å². The second kappa shape index (κ2) is 9.09. The molecule has 1 N–H and O–H groups in total. The summed E-state index contributed by atoms with van der Waals surface area (Å²) >= 11 is 0. The van der Waals surface area contributed by atoms with E-state index in [9.17, 15) is 9.90 Å². The van der Waals surface area contributed by atoms with Gasteiger partial charge in [-0.2, -0.15) is 9.78 Å². The maximum Gasteiger partial charge on any atom is 0.344 e. The van der Waals surface area contributed by atoms with Crippen molar-refractivity contribution >= 4 is 17.5 Å². The van der Waals surface area contributed by atoms with Crippen molar-refractivity contribution in [2.45, 2.75) is 59.3 Å². The molecule has 0 aliphatic carbocycles. The van der Waals surface area contributed by atoms with Gasteiger partial charge in [-0.05, 0) is 36.1 Å². The number of carbonyl (C=O) groups is 1. The van der Waals surface area contributed by atoms with Crippen LogP contribution in [0.15, 0.2) is 46.9 Å². The minimum absolute atomic E-state index is 0.164. The average Bonchev–Trinajstić information content (AvgIpc) is 3.13. The Hall–Kier alpha value is -3.62. The summed E-state index contributed by atoms with van der Waals surface area (Å²) in [5.74, 6) is -0.176. The molecule has 0 amide bonds. The standard InChI is InChI=1S/C24H30N6O3/c1-8-33-22(32)18-19(24(5,6)7)29-30(17-11-9-10-12-25-17)20(18)28-27-16-13-15(23(2,3)4)14-26-21(16)31/h9-14H,8H2,1-7H3,(H,26,31)/b28-27+. The summed E-state index contributed by atoms with van der Waals surface area (Å²) in [6.45, 7) is 13.9. The maximum absolute atomic E-state index is 13.0. The first kappa shape index (κ1) is 24.0. The normalized spacial score (nSPS) is 12.3. The van der Waals surface area contributed by atoms with Crippen molar-refractivity contribution in [3.8, 4) is 11.7 Å². The van der Waals surface area contributed by atoms with E-state index in [1.165, 1.54) is 4.68 Å². The monoisotopic (exact) mass is 450 g/mol. The summed E-state index contributed by atoms with van der Waals surface area (Å²) in [7, 11) is 0. The van der Waals surface area contributed by atoms with E-state index >= 15 is 0 Å². The minimum Gasteiger partial charge on any atom is -0.492 e. The lowest BCUT2D eigenvalue weighted by atomic mass is 9.88. The van der Waals surface area contributed by atoms with Gasteiger partial charge < -0.3 is 9.84 Å². The number of rotatable bonds is 5. The SMILES string of the molecule is CCOC(=O)c1c(C(C)(C)C)nn(-c2ccccn2)c1/N=N/c1cc(C(C)(C)C)cnc1O. The fourth-order valence-corrected chi connectivity index (χ4v) is 3.09. The van der Waals surface area contributed by atoms with Crippen LogP contribution in [0.2, 0.25) is 0 Å². The summed E-state index contributed by atoms with van der Waals surface area (Å²) in [6, 6.07) is 7.08. The van der Waals surface area contributed by atoms with Gasteiger partial charge in [0.05, 0.1) is 12.3 Å². The molecule has 3 aromatic rings. The third kappa shape index (κ3) is 5.24. The molecule has 0 atom stereocenters. The van der Waals surface area contributed by atoms with E-state index in [2.05, 4.69) is 25.3 Å². The Labute approximate surface area is 193 Å². The van der Waals surface area contributed by atoms with Crippen LogP contribution in [0.3, 0.4) is 0 Å². The average molecular weight is 451 g/mol. The Morgan fingerprint density at radius 2 is 1.82 bits per heavy atom. The Morgan fingerprint density at radius 3 is 2.39 bits per heavy atom. The molecule has 0 aliphatic rings. The number of hydrogen-bond donors (Lipinski definition) is 1. The quantitative estimate of drug-likeness (QED) is 0.402. The molecular formula is C24H30N6O3. The topological polar surface area (TPSA) is 115 Å². The molecule has 0 aromatic carbocycles. The molecule has 3 aromatic heterocycles. The van der Waals surface area contributed by atoms with Crippen molar-refractivity contribution in [3.63, 3.8) is 0 Å². The van der Waals surface area contributed by atoms with Gasteiger partial charge in [0.1, 0.15) is 11.3 Å². The van der Waals surface area contributed by atoms with Crippen LogP contribution in [0.4, 0.5) is 11.5 Å². The Bertz CT molecular complexity index is 1170. The Kier molecular flexibility index (Phi) is 6.62. The first-order valence-electron chi connectivity index (χ1n) is 10.8. The van der Waals surface area contributed by atoms with Crippen LogP contribution in [-0.4, -0.2) is 37.4 Å². The molecule has 174 valence electrons. The molecule has 9 heteroatoms. The zero-order valence-electron chi connectivity index (χ0n) is 20.1. The van der Waals surface area contributed by atoms with Crippen molar-refractivity contribution < 1.29 is 14.6 Å². The smallest absolute Gasteiger partial charge is 0.344 e. The number of nitrogens with zero attached hydrogens (tertiary/aromatic N) is 6. The Morgan fingerprint density at radius 1 is 1.09 bits per heavy atom. The summed E-state index contributed by atoms with van der Waals surface area (Å²) < 4.78 is 6.78. The predicted octanol–water partition coefficient (Wildman–Crippen LogP) is 5.56. The van der Waals surface area contributed by atoms with Crippen LogP contribution in [0.5, 0.6) is 5.88 Å². The van der Waals surface area contributed by atoms with Crippen molar-refractivity contribution in [1.82, 2.24) is 19.7 Å². The first-order valence-corrected chi connectivity index (χ1v) is 10.8. The van der Waals surface area contributed by atoms with Gasteiger partial charge in [0, 0.05) is 17.8 Å². The second-order valence-electron chi connectivity index (χ2n) is 9.63. The molecule has 0 spiro atoms. The second-order valence-corrected chi connectivity index (χ2v) is 9.63. The van der Waals surface area contributed by atoms with E-state index in [-0.39, 0.29) is 35.0 Å². The fourth-order valence-electron chi connectivity index (χ4n) is 3.09. The number of hydrogen-bond acceptors (Lipinski definition) is 8. The highest BCUT2D eigenvalue weighted by Gasteiger charge is 2.33. The van der Waals surface area contributed by atoms with Gasteiger partial charge in [0.2, 0.25) is 5.88 Å². The van der Waals surface area contributed by atoms with E-state index < -0.39 is 11.4 Å². The summed E-state index contributed by atoms with van der Waals surface area (Å²) in [5.41, 5.74) is 1.10. The number of carbonyl (C=O) groups excluding carboxylic acids is 1. The van der Waals surface area contributed by atoms with Gasteiger partial charge in [-0.1, -0.05) is 47.6 Å². The lowest BCUT2D eigenvalue weighted by molar-refractivity contribution is 0.0524. The van der Waals surface area contributed by atoms with Crippen LogP contribution < -0.4 is 0 Å². The number of ether oxygens (including phenoxy) is 1. The van der Waals surface area contributed by atoms with Crippen molar-refractivity contribution in [2.24, 2.45) is 10.2 Å². The number of aromatic hydroxyl groups is 1. The van der Waals surface area contributed by atoms with E-state index in [4.69, 9.17) is 4.74 Å². The van der Waals surface area contributed by atoms with Gasteiger partial charge in [-0.15, -0.1) is 10.2 Å². The highest BCUT2D eigenvalue weighted by Crippen LogP contribution is 2.36. The summed E-state index contributed by atoms with van der Waals surface area (Å²) in [5, 5.41) is 23.5. The van der Waals surface area contributed by atoms with Gasteiger partial charge in [-0.3, -0.25) is 0 Å². The molecule has 9 nitrogen and oxygen atoms in total. The van der Waals surface area contributed by atoms with Crippen molar-refractivity contribution in [1.29, 1.82) is 0 Å². The highest BCUT2D eigenvalue weighted by atomic mass is 16.5. The number of aromatic nitrogens is 4. The van der Waals surface area contributed by atoms with Gasteiger partial charge >= 0.3 is 5.97 Å². The largest absolute Gasteiger partial charge is 0.492 e. The first-order chi connectivity index (χ1) is 15.4. The molecular weight excluding hydrogens is 420 g/mol. The lowest BCUT2D eigenvalue weighted by Crippen LogP contribution is -2.18. The Balaban J connectivity index is 2.25. The fraction of sp³-hybridized carbons (Fsp3) is 0.417. The molecule has 3 rings (SSSR count). The third-order valence-corrected chi connectivity index (χ3v) is 4.88. The molecule has 0 saturated heterocycles. The van der Waals surface area contributed by atoms with Crippen LogP contribution in [-0.2, 0) is 15.6 Å². The number of esters is 1. The van der Waals surface area contributed by atoms with Crippen LogP contribution >= 0.6 is 0 Å². The van der Waals surface area contributed by atoms with Crippen LogP contribution in [0.25, 0.3) is 5.82 Å². The van der Waals surface area contributed by atoms with E-state index in [0.717, 1.165) is 5.56 Å². The van der Waals surface area contributed by atoms with Crippen LogP contribution in [0.1, 0.15) is 70.1 Å². The molecule has 3 heterocycles. The van der Waals surface area contributed by atoms with Gasteiger partial charge in [0.15, 0.2) is 11.6 Å². The molecule has 0 bridgehead atoms. The van der Waals surface area contributed by atoms with E-state index in [1.807, 2.05) is 47.6 Å². The third-order valence-electron chi connectivity index (χ3n) is 4.88. The minimum atomic E-state index is -0.552. The molecule has 33 heavy (non-hydrogen) atoms. The zero-order valence-corrected chi connectivity index (χ0v) is 20.1. The summed E-state index contributed by atoms with van der Waals surface area (Å²) in [6.07, 6.45) is 3.23. The maximum atomic E-state index is 13.0. The van der Waals surface area contributed by atoms with Gasteiger partial charge in [-0.25, -0.2) is 14.8 Å². The molecule has 0 fully saturated rings. The molecule has 0 radical (unpaired) electrons. The predicted molar refractivity (Wildman–Crippen MR) is 125 cm³/mol. The summed E-state index contributed by atoms with van der Waals surface area (Å²) in [4.78, 5) is 21.4. The van der Waals surface area contributed by atoms with Gasteiger partial charge in [0.25, 0.3) is 0 Å². The zero-order chi connectivity index (χ0) is 24.4. The van der Waals surface area contributed by atoms with Crippen LogP contribution in [0, 0.1) is 0 Å². The molecule has 0 unspecified atom stereocenters. The molecule has 0 saturated carbocycles.